The zero-order chi connectivity index (χ0) is 16.4. The van der Waals surface area contributed by atoms with E-state index in [-0.39, 0.29) is 18.0 Å². The fourth-order valence-electron chi connectivity index (χ4n) is 3.01. The predicted octanol–water partition coefficient (Wildman–Crippen LogP) is 2.87. The molecule has 120 valence electrons. The van der Waals surface area contributed by atoms with Gasteiger partial charge in [-0.15, -0.1) is 0 Å². The van der Waals surface area contributed by atoms with Crippen molar-refractivity contribution < 1.29 is 9.53 Å². The number of ether oxygens (including phenoxy) is 1. The Hall–Kier alpha value is -2.56. The van der Waals surface area contributed by atoms with E-state index < -0.39 is 0 Å². The number of fused-ring (bicyclic) bond motifs is 1. The van der Waals surface area contributed by atoms with Crippen LogP contribution in [0.2, 0.25) is 0 Å². The molecule has 2 heterocycles. The third-order valence-electron chi connectivity index (χ3n) is 4.14. The summed E-state index contributed by atoms with van der Waals surface area (Å²) in [5.74, 6) is 0.620. The molecule has 5 nitrogen and oxygen atoms in total. The normalized spacial score (nSPS) is 17.5. The lowest BCUT2D eigenvalue weighted by Gasteiger charge is -2.27. The lowest BCUT2D eigenvalue weighted by Crippen LogP contribution is -2.44. The number of rotatable bonds is 4. The van der Waals surface area contributed by atoms with Crippen LogP contribution in [-0.4, -0.2) is 30.1 Å². The minimum absolute atomic E-state index is 0.0678. The SMILES string of the molecule is COc1ccc(N[C@@H](C)C(=O)N2c3ccccc3C[C@@H]2C)cn1. The van der Waals surface area contributed by atoms with Gasteiger partial charge >= 0.3 is 0 Å². The third-order valence-corrected chi connectivity index (χ3v) is 4.14. The summed E-state index contributed by atoms with van der Waals surface area (Å²) in [6.07, 6.45) is 2.57. The van der Waals surface area contributed by atoms with E-state index in [0.717, 1.165) is 17.8 Å². The minimum atomic E-state index is -0.334. The number of amides is 1. The van der Waals surface area contributed by atoms with Crippen LogP contribution in [0.15, 0.2) is 42.6 Å². The van der Waals surface area contributed by atoms with Gasteiger partial charge in [-0.3, -0.25) is 4.79 Å². The van der Waals surface area contributed by atoms with Crippen LogP contribution in [0.3, 0.4) is 0 Å². The molecule has 1 aliphatic heterocycles. The topological polar surface area (TPSA) is 54.5 Å². The molecule has 1 amide bonds. The van der Waals surface area contributed by atoms with E-state index in [1.54, 1.807) is 19.4 Å². The minimum Gasteiger partial charge on any atom is -0.481 e. The maximum absolute atomic E-state index is 12.9. The highest BCUT2D eigenvalue weighted by Crippen LogP contribution is 2.32. The number of benzene rings is 1. The van der Waals surface area contributed by atoms with E-state index in [9.17, 15) is 4.79 Å². The summed E-state index contributed by atoms with van der Waals surface area (Å²) < 4.78 is 5.04. The first kappa shape index (κ1) is 15.3. The quantitative estimate of drug-likeness (QED) is 0.943. The molecule has 1 aliphatic rings. The zero-order valence-corrected chi connectivity index (χ0v) is 13.6. The summed E-state index contributed by atoms with van der Waals surface area (Å²) in [6, 6.07) is 11.6. The molecule has 0 bridgehead atoms. The van der Waals surface area contributed by atoms with E-state index in [2.05, 4.69) is 23.3 Å². The van der Waals surface area contributed by atoms with E-state index in [4.69, 9.17) is 4.74 Å². The second-order valence-electron chi connectivity index (χ2n) is 5.85. The first-order valence-electron chi connectivity index (χ1n) is 7.77. The lowest BCUT2D eigenvalue weighted by molar-refractivity contribution is -0.119. The van der Waals surface area contributed by atoms with Crippen molar-refractivity contribution in [3.63, 3.8) is 0 Å². The molecule has 23 heavy (non-hydrogen) atoms. The average Bonchev–Trinajstić information content (AvgIpc) is 2.90. The molecular weight excluding hydrogens is 290 g/mol. The molecule has 0 saturated heterocycles. The van der Waals surface area contributed by atoms with Crippen LogP contribution in [0, 0.1) is 0 Å². The molecule has 1 aromatic carbocycles. The Labute approximate surface area is 136 Å². The van der Waals surface area contributed by atoms with E-state index in [0.29, 0.717) is 5.88 Å². The second kappa shape index (κ2) is 6.28. The molecule has 0 fully saturated rings. The molecular formula is C18H21N3O2. The Morgan fingerprint density at radius 3 is 2.83 bits per heavy atom. The Bertz CT molecular complexity index is 700. The zero-order valence-electron chi connectivity index (χ0n) is 13.6. The van der Waals surface area contributed by atoms with Crippen LogP contribution < -0.4 is 15.0 Å². The third kappa shape index (κ3) is 2.99. The first-order valence-corrected chi connectivity index (χ1v) is 7.77. The summed E-state index contributed by atoms with van der Waals surface area (Å²) in [6.45, 7) is 3.96. The van der Waals surface area contributed by atoms with Crippen molar-refractivity contribution in [3.8, 4) is 5.88 Å². The fraction of sp³-hybridized carbons (Fsp3) is 0.333. The first-order chi connectivity index (χ1) is 11.1. The van der Waals surface area contributed by atoms with Crippen molar-refractivity contribution in [1.82, 2.24) is 4.98 Å². The van der Waals surface area contributed by atoms with Gasteiger partial charge in [0.2, 0.25) is 11.8 Å². The van der Waals surface area contributed by atoms with Crippen molar-refractivity contribution in [3.05, 3.63) is 48.2 Å². The van der Waals surface area contributed by atoms with Gasteiger partial charge < -0.3 is 15.0 Å². The molecule has 3 rings (SSSR count). The monoisotopic (exact) mass is 311 g/mol. The number of methoxy groups -OCH3 is 1. The molecule has 1 aromatic heterocycles. The van der Waals surface area contributed by atoms with Crippen molar-refractivity contribution in [1.29, 1.82) is 0 Å². The maximum atomic E-state index is 12.9. The Kier molecular flexibility index (Phi) is 4.19. The number of nitrogens with zero attached hydrogens (tertiary/aromatic N) is 2. The van der Waals surface area contributed by atoms with E-state index >= 15 is 0 Å². The van der Waals surface area contributed by atoms with Gasteiger partial charge in [0, 0.05) is 17.8 Å². The molecule has 0 aliphatic carbocycles. The van der Waals surface area contributed by atoms with Gasteiger partial charge in [-0.05, 0) is 38.0 Å². The summed E-state index contributed by atoms with van der Waals surface area (Å²) in [4.78, 5) is 18.9. The van der Waals surface area contributed by atoms with Crippen LogP contribution in [0.25, 0.3) is 0 Å². The molecule has 2 atom stereocenters. The molecule has 1 N–H and O–H groups in total. The smallest absolute Gasteiger partial charge is 0.249 e. The van der Waals surface area contributed by atoms with Crippen molar-refractivity contribution in [2.24, 2.45) is 0 Å². The summed E-state index contributed by atoms with van der Waals surface area (Å²) in [5, 5.41) is 3.21. The maximum Gasteiger partial charge on any atom is 0.249 e. The second-order valence-corrected chi connectivity index (χ2v) is 5.85. The highest BCUT2D eigenvalue weighted by Gasteiger charge is 2.32. The van der Waals surface area contributed by atoms with Gasteiger partial charge in [0.25, 0.3) is 0 Å². The number of anilines is 2. The van der Waals surface area contributed by atoms with Gasteiger partial charge in [-0.25, -0.2) is 4.98 Å². The number of pyridine rings is 1. The van der Waals surface area contributed by atoms with Crippen molar-refractivity contribution in [2.45, 2.75) is 32.4 Å². The molecule has 0 spiro atoms. The molecule has 0 unspecified atom stereocenters. The van der Waals surface area contributed by atoms with Crippen LogP contribution in [-0.2, 0) is 11.2 Å². The lowest BCUT2D eigenvalue weighted by atomic mass is 10.1. The van der Waals surface area contributed by atoms with Gasteiger partial charge in [0.1, 0.15) is 6.04 Å². The molecule has 0 saturated carbocycles. The summed E-state index contributed by atoms with van der Waals surface area (Å²) in [7, 11) is 1.58. The van der Waals surface area contributed by atoms with Gasteiger partial charge in [0.05, 0.1) is 19.0 Å². The van der Waals surface area contributed by atoms with E-state index in [1.807, 2.05) is 36.1 Å². The van der Waals surface area contributed by atoms with Crippen molar-refractivity contribution in [2.75, 3.05) is 17.3 Å². The van der Waals surface area contributed by atoms with Gasteiger partial charge in [0.15, 0.2) is 0 Å². The molecule has 2 aromatic rings. The standard InChI is InChI=1S/C18H21N3O2/c1-12-10-14-6-4-5-7-16(14)21(12)18(22)13(2)20-15-8-9-17(23-3)19-11-15/h4-9,11-13,20H,10H2,1-3H3/t12-,13-/m0/s1. The van der Waals surface area contributed by atoms with Crippen molar-refractivity contribution >= 4 is 17.3 Å². The highest BCUT2D eigenvalue weighted by molar-refractivity contribution is 6.00. The number of hydrogen-bond donors (Lipinski definition) is 1. The number of para-hydroxylation sites is 1. The number of aromatic nitrogens is 1. The average molecular weight is 311 g/mol. The van der Waals surface area contributed by atoms with Crippen LogP contribution in [0.4, 0.5) is 11.4 Å². The summed E-state index contributed by atoms with van der Waals surface area (Å²) >= 11 is 0. The number of hydrogen-bond acceptors (Lipinski definition) is 4. The number of carbonyl (C=O) groups excluding carboxylic acids is 1. The van der Waals surface area contributed by atoms with E-state index in [1.165, 1.54) is 5.56 Å². The van der Waals surface area contributed by atoms with Crippen LogP contribution in [0.1, 0.15) is 19.4 Å². The predicted molar refractivity (Wildman–Crippen MR) is 91.0 cm³/mol. The molecule has 5 heteroatoms. The van der Waals surface area contributed by atoms with Gasteiger partial charge in [-0.1, -0.05) is 18.2 Å². The van der Waals surface area contributed by atoms with Crippen LogP contribution in [0.5, 0.6) is 5.88 Å². The highest BCUT2D eigenvalue weighted by atomic mass is 16.5. The Morgan fingerprint density at radius 1 is 1.35 bits per heavy atom. The van der Waals surface area contributed by atoms with Gasteiger partial charge in [-0.2, -0.15) is 0 Å². The largest absolute Gasteiger partial charge is 0.481 e. The fourth-order valence-corrected chi connectivity index (χ4v) is 3.01. The van der Waals surface area contributed by atoms with Crippen LogP contribution >= 0.6 is 0 Å². The Balaban J connectivity index is 1.74. The summed E-state index contributed by atoms with van der Waals surface area (Å²) in [5.41, 5.74) is 3.05. The Morgan fingerprint density at radius 2 is 2.13 bits per heavy atom. The molecule has 0 radical (unpaired) electrons. The number of nitrogens with one attached hydrogen (secondary N) is 1. The number of carbonyl (C=O) groups is 1.